The molecule has 2 nitrogen and oxygen atoms in total. The van der Waals surface area contributed by atoms with Gasteiger partial charge in [0.1, 0.15) is 12.4 Å². The molecule has 0 radical (unpaired) electrons. The van der Waals surface area contributed by atoms with Crippen LogP contribution in [0.15, 0.2) is 18.2 Å². The van der Waals surface area contributed by atoms with E-state index in [1.165, 1.54) is 18.2 Å². The molecule has 0 atom stereocenters. The number of benzene rings is 1. The number of hydrogen-bond acceptors (Lipinski definition) is 2. The molecule has 0 aromatic heterocycles. The molecule has 0 unspecified atom stereocenters. The molecule has 0 heterocycles. The van der Waals surface area contributed by atoms with Gasteiger partial charge in [-0.2, -0.15) is 13.2 Å². The van der Waals surface area contributed by atoms with Gasteiger partial charge >= 0.3 is 6.18 Å². The van der Waals surface area contributed by atoms with Gasteiger partial charge in [-0.1, -0.05) is 13.0 Å². The van der Waals surface area contributed by atoms with Crippen LogP contribution in [0, 0.1) is 5.82 Å². The minimum Gasteiger partial charge on any atom is -0.363 e. The smallest absolute Gasteiger partial charge is 0.363 e. The molecule has 1 rings (SSSR count). The van der Waals surface area contributed by atoms with Gasteiger partial charge in [0.25, 0.3) is 0 Å². The van der Waals surface area contributed by atoms with Crippen LogP contribution >= 0.6 is 0 Å². The summed E-state index contributed by atoms with van der Waals surface area (Å²) in [6.07, 6.45) is -4.31. The number of alkyl halides is 3. The van der Waals surface area contributed by atoms with E-state index in [1.54, 1.807) is 6.92 Å². The van der Waals surface area contributed by atoms with Gasteiger partial charge in [-0.15, -0.1) is 0 Å². The highest BCUT2D eigenvalue weighted by atomic mass is 19.4. The van der Waals surface area contributed by atoms with E-state index >= 15 is 0 Å². The van der Waals surface area contributed by atoms with E-state index in [0.717, 1.165) is 4.90 Å². The van der Waals surface area contributed by atoms with Crippen LogP contribution in [-0.2, 0) is 6.54 Å². The van der Waals surface area contributed by atoms with Gasteiger partial charge in [0.15, 0.2) is 0 Å². The van der Waals surface area contributed by atoms with Crippen molar-refractivity contribution in [2.75, 3.05) is 24.5 Å². The lowest BCUT2D eigenvalue weighted by atomic mass is 10.1. The molecule has 1 aromatic carbocycles. The number of hydrogen-bond donors (Lipinski definition) is 1. The number of nitrogens with one attached hydrogen (secondary N) is 1. The second kappa shape index (κ2) is 6.75. The van der Waals surface area contributed by atoms with Crippen molar-refractivity contribution < 1.29 is 17.6 Å². The van der Waals surface area contributed by atoms with Crippen LogP contribution in [0.5, 0.6) is 0 Å². The predicted molar refractivity (Wildman–Crippen MR) is 67.7 cm³/mol. The first-order valence-electron chi connectivity index (χ1n) is 6.18. The minimum atomic E-state index is -4.31. The third-order valence-electron chi connectivity index (χ3n) is 2.74. The molecule has 0 aliphatic rings. The minimum absolute atomic E-state index is 0.169. The first kappa shape index (κ1) is 15.8. The Hall–Kier alpha value is -1.30. The fourth-order valence-electron chi connectivity index (χ4n) is 1.85. The van der Waals surface area contributed by atoms with E-state index < -0.39 is 18.5 Å². The monoisotopic (exact) mass is 278 g/mol. The first-order valence-corrected chi connectivity index (χ1v) is 6.18. The van der Waals surface area contributed by atoms with Crippen LogP contribution in [-0.4, -0.2) is 25.8 Å². The molecule has 1 N–H and O–H groups in total. The molecule has 1 aromatic rings. The maximum atomic E-state index is 13.8. The van der Waals surface area contributed by atoms with Crippen LogP contribution < -0.4 is 10.2 Å². The highest BCUT2D eigenvalue weighted by molar-refractivity contribution is 5.54. The average molecular weight is 278 g/mol. The molecular weight excluding hydrogens is 260 g/mol. The number of anilines is 1. The van der Waals surface area contributed by atoms with Gasteiger partial charge in [-0.3, -0.25) is 0 Å². The Morgan fingerprint density at radius 1 is 1.21 bits per heavy atom. The molecular formula is C13H18F4N2. The number of rotatable bonds is 6. The van der Waals surface area contributed by atoms with E-state index in [-0.39, 0.29) is 18.7 Å². The molecule has 0 aliphatic carbocycles. The normalized spacial score (nSPS) is 11.7. The Balaban J connectivity index is 3.05. The summed E-state index contributed by atoms with van der Waals surface area (Å²) < 4.78 is 51.3. The zero-order valence-electron chi connectivity index (χ0n) is 11.0. The molecule has 0 fully saturated rings. The van der Waals surface area contributed by atoms with Crippen molar-refractivity contribution >= 4 is 5.69 Å². The van der Waals surface area contributed by atoms with Crippen LogP contribution in [0.3, 0.4) is 0 Å². The summed E-state index contributed by atoms with van der Waals surface area (Å²) in [6.45, 7) is 3.40. The van der Waals surface area contributed by atoms with Crippen molar-refractivity contribution in [1.29, 1.82) is 0 Å². The summed E-state index contributed by atoms with van der Waals surface area (Å²) in [5.74, 6) is -0.487. The predicted octanol–water partition coefficient (Wildman–Crippen LogP) is 3.32. The Bertz CT molecular complexity index is 404. The van der Waals surface area contributed by atoms with Crippen LogP contribution in [0.2, 0.25) is 0 Å². The summed E-state index contributed by atoms with van der Waals surface area (Å²) in [5.41, 5.74) is 0.566. The number of nitrogens with zero attached hydrogens (tertiary/aromatic N) is 1. The lowest BCUT2D eigenvalue weighted by molar-refractivity contribution is -0.119. The van der Waals surface area contributed by atoms with Gasteiger partial charge in [-0.05, 0) is 25.6 Å². The molecule has 0 amide bonds. The van der Waals surface area contributed by atoms with Crippen molar-refractivity contribution in [2.45, 2.75) is 26.6 Å². The summed E-state index contributed by atoms with van der Waals surface area (Å²) in [6, 6.07) is 4.21. The van der Waals surface area contributed by atoms with Crippen molar-refractivity contribution in [1.82, 2.24) is 5.32 Å². The number of halogens is 4. The molecule has 0 bridgehead atoms. The summed E-state index contributed by atoms with van der Waals surface area (Å²) >= 11 is 0. The topological polar surface area (TPSA) is 15.3 Å². The molecule has 0 saturated heterocycles. The standard InChI is InChI=1S/C13H18F4N2/c1-3-18-8-10-11(14)6-5-7-12(10)19(4-2)9-13(15,16)17/h5-7,18H,3-4,8-9H2,1-2H3. The van der Waals surface area contributed by atoms with Crippen molar-refractivity contribution in [3.05, 3.63) is 29.6 Å². The van der Waals surface area contributed by atoms with E-state index in [1.807, 2.05) is 6.92 Å². The largest absolute Gasteiger partial charge is 0.405 e. The van der Waals surface area contributed by atoms with Gasteiger partial charge in [-0.25, -0.2) is 4.39 Å². The highest BCUT2D eigenvalue weighted by Crippen LogP contribution is 2.26. The lowest BCUT2D eigenvalue weighted by Crippen LogP contribution is -2.35. The van der Waals surface area contributed by atoms with Crippen molar-refractivity contribution in [3.63, 3.8) is 0 Å². The molecule has 0 spiro atoms. The Kier molecular flexibility index (Phi) is 5.60. The average Bonchev–Trinajstić information content (AvgIpc) is 2.33. The van der Waals surface area contributed by atoms with Crippen LogP contribution in [0.25, 0.3) is 0 Å². The molecule has 0 saturated carbocycles. The highest BCUT2D eigenvalue weighted by Gasteiger charge is 2.31. The lowest BCUT2D eigenvalue weighted by Gasteiger charge is -2.27. The maximum Gasteiger partial charge on any atom is 0.405 e. The van der Waals surface area contributed by atoms with Gasteiger partial charge in [0.05, 0.1) is 0 Å². The van der Waals surface area contributed by atoms with Crippen molar-refractivity contribution in [2.24, 2.45) is 0 Å². The molecule has 19 heavy (non-hydrogen) atoms. The van der Waals surface area contributed by atoms with Crippen molar-refractivity contribution in [3.8, 4) is 0 Å². The van der Waals surface area contributed by atoms with E-state index in [0.29, 0.717) is 12.2 Å². The third-order valence-corrected chi connectivity index (χ3v) is 2.74. The second-order valence-electron chi connectivity index (χ2n) is 4.15. The van der Waals surface area contributed by atoms with Crippen LogP contribution in [0.1, 0.15) is 19.4 Å². The van der Waals surface area contributed by atoms with E-state index in [9.17, 15) is 17.6 Å². The fraction of sp³-hybridized carbons (Fsp3) is 0.538. The summed E-state index contributed by atoms with van der Waals surface area (Å²) in [5, 5.41) is 2.94. The van der Waals surface area contributed by atoms with Gasteiger partial charge in [0.2, 0.25) is 0 Å². The Labute approximate surface area is 110 Å². The fourth-order valence-corrected chi connectivity index (χ4v) is 1.85. The Morgan fingerprint density at radius 2 is 1.89 bits per heavy atom. The zero-order chi connectivity index (χ0) is 14.5. The molecule has 108 valence electrons. The quantitative estimate of drug-likeness (QED) is 0.803. The maximum absolute atomic E-state index is 13.8. The first-order chi connectivity index (χ1) is 8.89. The van der Waals surface area contributed by atoms with E-state index in [4.69, 9.17) is 0 Å². The Morgan fingerprint density at radius 3 is 2.42 bits per heavy atom. The second-order valence-corrected chi connectivity index (χ2v) is 4.15. The van der Waals surface area contributed by atoms with E-state index in [2.05, 4.69) is 5.32 Å². The molecule has 6 heteroatoms. The summed E-state index contributed by atoms with van der Waals surface area (Å²) in [4.78, 5) is 1.13. The third kappa shape index (κ3) is 4.70. The van der Waals surface area contributed by atoms with Gasteiger partial charge in [0, 0.05) is 24.3 Å². The SMILES string of the molecule is CCNCc1c(F)cccc1N(CC)CC(F)(F)F. The molecule has 0 aliphatic heterocycles. The summed E-state index contributed by atoms with van der Waals surface area (Å²) in [7, 11) is 0. The van der Waals surface area contributed by atoms with Crippen LogP contribution in [0.4, 0.5) is 23.2 Å². The zero-order valence-corrected chi connectivity index (χ0v) is 11.0. The van der Waals surface area contributed by atoms with Gasteiger partial charge < -0.3 is 10.2 Å².